The molecule has 2 nitrogen and oxygen atoms in total. The molecule has 1 unspecified atom stereocenters. The standard InChI is InChI=1S/C14H17F2NO/c1-3-4-5-10-17-11(2)12-6-8-13(9-7-12)18-14(15)16/h1,6-9,11,14,17H,4-5,10H2,2H3. The summed E-state index contributed by atoms with van der Waals surface area (Å²) < 4.78 is 28.2. The topological polar surface area (TPSA) is 21.3 Å². The summed E-state index contributed by atoms with van der Waals surface area (Å²) in [6.07, 6.45) is 6.83. The number of nitrogens with one attached hydrogen (secondary N) is 1. The zero-order chi connectivity index (χ0) is 13.4. The molecule has 0 heterocycles. The summed E-state index contributed by atoms with van der Waals surface area (Å²) in [5.74, 6) is 2.75. The zero-order valence-electron chi connectivity index (χ0n) is 10.3. The minimum atomic E-state index is -2.78. The third kappa shape index (κ3) is 5.15. The van der Waals surface area contributed by atoms with E-state index in [4.69, 9.17) is 6.42 Å². The van der Waals surface area contributed by atoms with Gasteiger partial charge in [-0.05, 0) is 37.6 Å². The van der Waals surface area contributed by atoms with Crippen molar-refractivity contribution < 1.29 is 13.5 Å². The molecule has 0 aromatic heterocycles. The van der Waals surface area contributed by atoms with Crippen molar-refractivity contribution in [1.29, 1.82) is 0 Å². The second-order valence-electron chi connectivity index (χ2n) is 3.93. The number of hydrogen-bond donors (Lipinski definition) is 1. The number of benzene rings is 1. The first-order valence-electron chi connectivity index (χ1n) is 5.85. The molecular formula is C14H17F2NO. The lowest BCUT2D eigenvalue weighted by Crippen LogP contribution is -2.19. The number of halogens is 2. The molecule has 1 N–H and O–H groups in total. The molecule has 1 aromatic carbocycles. The largest absolute Gasteiger partial charge is 0.435 e. The maximum Gasteiger partial charge on any atom is 0.387 e. The Morgan fingerprint density at radius 1 is 1.33 bits per heavy atom. The lowest BCUT2D eigenvalue weighted by atomic mass is 10.1. The molecule has 0 aliphatic carbocycles. The average molecular weight is 253 g/mol. The monoisotopic (exact) mass is 253 g/mol. The van der Waals surface area contributed by atoms with Crippen molar-refractivity contribution >= 4 is 0 Å². The summed E-state index contributed by atoms with van der Waals surface area (Å²) in [5, 5.41) is 3.31. The fourth-order valence-corrected chi connectivity index (χ4v) is 1.56. The summed E-state index contributed by atoms with van der Waals surface area (Å²) in [6, 6.07) is 6.79. The first kappa shape index (κ1) is 14.5. The van der Waals surface area contributed by atoms with Crippen LogP contribution in [0, 0.1) is 12.3 Å². The molecule has 1 atom stereocenters. The normalized spacial score (nSPS) is 12.2. The Kier molecular flexibility index (Phi) is 6.16. The van der Waals surface area contributed by atoms with Crippen LogP contribution in [0.4, 0.5) is 8.78 Å². The minimum absolute atomic E-state index is 0.156. The Hall–Kier alpha value is -1.60. The van der Waals surface area contributed by atoms with Crippen LogP contribution in [0.1, 0.15) is 31.4 Å². The van der Waals surface area contributed by atoms with E-state index in [1.165, 1.54) is 0 Å². The summed E-state index contributed by atoms with van der Waals surface area (Å²) in [4.78, 5) is 0. The Bertz CT molecular complexity index is 384. The van der Waals surface area contributed by atoms with Gasteiger partial charge in [-0.2, -0.15) is 8.78 Å². The van der Waals surface area contributed by atoms with Crippen molar-refractivity contribution in [3.05, 3.63) is 29.8 Å². The molecule has 0 saturated carbocycles. The third-order valence-electron chi connectivity index (χ3n) is 2.55. The van der Waals surface area contributed by atoms with Crippen LogP contribution < -0.4 is 10.1 Å². The first-order chi connectivity index (χ1) is 8.63. The van der Waals surface area contributed by atoms with Gasteiger partial charge in [0, 0.05) is 12.5 Å². The maximum absolute atomic E-state index is 12.0. The molecule has 98 valence electrons. The van der Waals surface area contributed by atoms with Gasteiger partial charge in [0.25, 0.3) is 0 Å². The number of unbranched alkanes of at least 4 members (excludes halogenated alkanes) is 1. The molecule has 4 heteroatoms. The van der Waals surface area contributed by atoms with Crippen molar-refractivity contribution in [1.82, 2.24) is 5.32 Å². The Balaban J connectivity index is 2.44. The van der Waals surface area contributed by atoms with E-state index in [-0.39, 0.29) is 11.8 Å². The van der Waals surface area contributed by atoms with Gasteiger partial charge in [-0.25, -0.2) is 0 Å². The molecule has 0 fully saturated rings. The molecule has 0 saturated heterocycles. The van der Waals surface area contributed by atoms with E-state index in [0.29, 0.717) is 0 Å². The third-order valence-corrected chi connectivity index (χ3v) is 2.55. The van der Waals surface area contributed by atoms with Crippen molar-refractivity contribution in [2.75, 3.05) is 6.54 Å². The Labute approximate surface area is 106 Å². The van der Waals surface area contributed by atoms with E-state index >= 15 is 0 Å². The molecule has 0 spiro atoms. The maximum atomic E-state index is 12.0. The van der Waals surface area contributed by atoms with Gasteiger partial charge < -0.3 is 10.1 Å². The predicted octanol–water partition coefficient (Wildman–Crippen LogP) is 3.35. The number of ether oxygens (including phenoxy) is 1. The van der Waals surface area contributed by atoms with Crippen LogP contribution in [0.2, 0.25) is 0 Å². The van der Waals surface area contributed by atoms with Crippen molar-refractivity contribution in [2.24, 2.45) is 0 Å². The molecule has 0 amide bonds. The number of terminal acetylenes is 1. The molecule has 18 heavy (non-hydrogen) atoms. The van der Waals surface area contributed by atoms with Crippen LogP contribution >= 0.6 is 0 Å². The van der Waals surface area contributed by atoms with E-state index in [1.807, 2.05) is 6.92 Å². The summed E-state index contributed by atoms with van der Waals surface area (Å²) >= 11 is 0. The van der Waals surface area contributed by atoms with Gasteiger partial charge in [0.15, 0.2) is 0 Å². The highest BCUT2D eigenvalue weighted by Gasteiger charge is 2.06. The van der Waals surface area contributed by atoms with Crippen LogP contribution in [0.25, 0.3) is 0 Å². The zero-order valence-corrected chi connectivity index (χ0v) is 10.3. The van der Waals surface area contributed by atoms with Gasteiger partial charge in [-0.15, -0.1) is 12.3 Å². The second kappa shape index (κ2) is 7.67. The number of alkyl halides is 2. The first-order valence-corrected chi connectivity index (χ1v) is 5.85. The lowest BCUT2D eigenvalue weighted by Gasteiger charge is -2.14. The smallest absolute Gasteiger partial charge is 0.387 e. The van der Waals surface area contributed by atoms with E-state index in [2.05, 4.69) is 16.0 Å². The molecular weight excluding hydrogens is 236 g/mol. The number of hydrogen-bond acceptors (Lipinski definition) is 2. The second-order valence-corrected chi connectivity index (χ2v) is 3.93. The Morgan fingerprint density at radius 3 is 2.56 bits per heavy atom. The van der Waals surface area contributed by atoms with Crippen LogP contribution in [-0.2, 0) is 0 Å². The van der Waals surface area contributed by atoms with Crippen LogP contribution in [-0.4, -0.2) is 13.2 Å². The molecule has 1 aromatic rings. The molecule has 0 aliphatic rings. The van der Waals surface area contributed by atoms with E-state index < -0.39 is 6.61 Å². The van der Waals surface area contributed by atoms with Gasteiger partial charge in [0.05, 0.1) is 0 Å². The minimum Gasteiger partial charge on any atom is -0.435 e. The van der Waals surface area contributed by atoms with E-state index in [0.717, 1.165) is 24.9 Å². The number of rotatable bonds is 7. The van der Waals surface area contributed by atoms with Gasteiger partial charge in [-0.3, -0.25) is 0 Å². The van der Waals surface area contributed by atoms with Crippen LogP contribution in [0.5, 0.6) is 5.75 Å². The predicted molar refractivity (Wildman–Crippen MR) is 67.6 cm³/mol. The Morgan fingerprint density at radius 2 is 2.00 bits per heavy atom. The van der Waals surface area contributed by atoms with Gasteiger partial charge in [0.2, 0.25) is 0 Å². The van der Waals surface area contributed by atoms with E-state index in [9.17, 15) is 8.78 Å². The molecule has 1 rings (SSSR count). The molecule has 0 radical (unpaired) electrons. The lowest BCUT2D eigenvalue weighted by molar-refractivity contribution is -0.0498. The fraction of sp³-hybridized carbons (Fsp3) is 0.429. The van der Waals surface area contributed by atoms with Gasteiger partial charge in [0.1, 0.15) is 5.75 Å². The van der Waals surface area contributed by atoms with Crippen molar-refractivity contribution in [3.8, 4) is 18.1 Å². The van der Waals surface area contributed by atoms with Crippen molar-refractivity contribution in [3.63, 3.8) is 0 Å². The van der Waals surface area contributed by atoms with Gasteiger partial charge in [-0.1, -0.05) is 12.1 Å². The van der Waals surface area contributed by atoms with Crippen LogP contribution in [0.3, 0.4) is 0 Å². The van der Waals surface area contributed by atoms with Gasteiger partial charge >= 0.3 is 6.61 Å². The van der Waals surface area contributed by atoms with E-state index in [1.54, 1.807) is 24.3 Å². The quantitative estimate of drug-likeness (QED) is 0.594. The highest BCUT2D eigenvalue weighted by molar-refractivity contribution is 5.28. The highest BCUT2D eigenvalue weighted by atomic mass is 19.3. The fourth-order valence-electron chi connectivity index (χ4n) is 1.56. The average Bonchev–Trinajstić information content (AvgIpc) is 2.34. The summed E-state index contributed by atoms with van der Waals surface area (Å²) in [7, 11) is 0. The SMILES string of the molecule is C#CCCCNC(C)c1ccc(OC(F)F)cc1. The van der Waals surface area contributed by atoms with Crippen LogP contribution in [0.15, 0.2) is 24.3 Å². The molecule has 0 bridgehead atoms. The molecule has 0 aliphatic heterocycles. The highest BCUT2D eigenvalue weighted by Crippen LogP contribution is 2.19. The summed E-state index contributed by atoms with van der Waals surface area (Å²) in [6.45, 7) is 0.0645. The van der Waals surface area contributed by atoms with Crippen molar-refractivity contribution in [2.45, 2.75) is 32.4 Å². The summed E-state index contributed by atoms with van der Waals surface area (Å²) in [5.41, 5.74) is 1.03.